The van der Waals surface area contributed by atoms with Crippen LogP contribution in [0.1, 0.15) is 29.7 Å². The van der Waals surface area contributed by atoms with Crippen LogP contribution in [0.5, 0.6) is 0 Å². The number of anilines is 1. The third-order valence-corrected chi connectivity index (χ3v) is 6.24. The molecule has 1 N–H and O–H groups in total. The Balaban J connectivity index is 1.94. The summed E-state index contributed by atoms with van der Waals surface area (Å²) >= 11 is 0. The second-order valence-electron chi connectivity index (χ2n) is 7.47. The van der Waals surface area contributed by atoms with Gasteiger partial charge in [0.15, 0.2) is 0 Å². The van der Waals surface area contributed by atoms with Crippen LogP contribution in [-0.4, -0.2) is 26.6 Å². The third-order valence-electron chi connectivity index (χ3n) is 5.00. The Kier molecular flexibility index (Phi) is 6.75. The molecule has 0 spiro atoms. The van der Waals surface area contributed by atoms with Gasteiger partial charge in [-0.2, -0.15) is 0 Å². The first kappa shape index (κ1) is 22.5. The Morgan fingerprint density at radius 1 is 0.903 bits per heavy atom. The van der Waals surface area contributed by atoms with E-state index in [1.165, 1.54) is 19.1 Å². The quantitative estimate of drug-likeness (QED) is 0.599. The van der Waals surface area contributed by atoms with E-state index in [9.17, 15) is 17.6 Å². The molecule has 0 bridgehead atoms. The molecule has 0 fully saturated rings. The standard InChI is InChI=1S/C24H25FN2O3S/c1-17-9-11-20(12-10-17)23(19-7-5-4-6-8-19)26-24(28)18(2)27(31(3,29)30)22-15-13-21(25)14-16-22/h4-16,18,23H,1-3H3,(H,26,28)/t18-,23-/m1/s1. The maximum absolute atomic E-state index is 13.3. The number of amides is 1. The van der Waals surface area contributed by atoms with Crippen LogP contribution in [0.3, 0.4) is 0 Å². The molecule has 0 aliphatic rings. The minimum Gasteiger partial charge on any atom is -0.343 e. The summed E-state index contributed by atoms with van der Waals surface area (Å²) < 4.78 is 39.3. The fraction of sp³-hybridized carbons (Fsp3) is 0.208. The molecule has 7 heteroatoms. The highest BCUT2D eigenvalue weighted by Gasteiger charge is 2.31. The molecule has 0 heterocycles. The molecule has 3 aromatic carbocycles. The number of carbonyl (C=O) groups is 1. The lowest BCUT2D eigenvalue weighted by Gasteiger charge is -2.30. The fourth-order valence-corrected chi connectivity index (χ4v) is 4.60. The maximum atomic E-state index is 13.3. The van der Waals surface area contributed by atoms with Crippen molar-refractivity contribution >= 4 is 21.6 Å². The van der Waals surface area contributed by atoms with Crippen molar-refractivity contribution in [2.24, 2.45) is 0 Å². The van der Waals surface area contributed by atoms with Crippen molar-refractivity contribution < 1.29 is 17.6 Å². The molecule has 31 heavy (non-hydrogen) atoms. The number of benzene rings is 3. The average molecular weight is 441 g/mol. The van der Waals surface area contributed by atoms with E-state index in [-0.39, 0.29) is 5.69 Å². The van der Waals surface area contributed by atoms with Gasteiger partial charge in [0.2, 0.25) is 15.9 Å². The lowest BCUT2D eigenvalue weighted by molar-refractivity contribution is -0.122. The van der Waals surface area contributed by atoms with E-state index in [1.807, 2.05) is 61.5 Å². The van der Waals surface area contributed by atoms with Gasteiger partial charge in [0.1, 0.15) is 11.9 Å². The van der Waals surface area contributed by atoms with E-state index in [4.69, 9.17) is 0 Å². The van der Waals surface area contributed by atoms with Gasteiger partial charge in [0.05, 0.1) is 18.0 Å². The highest BCUT2D eigenvalue weighted by atomic mass is 32.2. The second-order valence-corrected chi connectivity index (χ2v) is 9.33. The number of nitrogens with zero attached hydrogens (tertiary/aromatic N) is 1. The summed E-state index contributed by atoms with van der Waals surface area (Å²) in [5, 5.41) is 2.98. The zero-order valence-electron chi connectivity index (χ0n) is 17.6. The van der Waals surface area contributed by atoms with Crippen LogP contribution < -0.4 is 9.62 Å². The minimum atomic E-state index is -3.80. The largest absolute Gasteiger partial charge is 0.343 e. The first-order valence-corrected chi connectivity index (χ1v) is 11.7. The van der Waals surface area contributed by atoms with Crippen LogP contribution in [0.2, 0.25) is 0 Å². The molecular weight excluding hydrogens is 415 g/mol. The van der Waals surface area contributed by atoms with E-state index in [1.54, 1.807) is 0 Å². The predicted octanol–water partition coefficient (Wildman–Crippen LogP) is 4.19. The summed E-state index contributed by atoms with van der Waals surface area (Å²) in [6.07, 6.45) is 1.02. The SMILES string of the molecule is Cc1ccc([C@H](NC(=O)[C@@H](C)N(c2ccc(F)cc2)S(C)(=O)=O)c2ccccc2)cc1. The van der Waals surface area contributed by atoms with Crippen LogP contribution in [0.15, 0.2) is 78.9 Å². The number of rotatable bonds is 7. The summed E-state index contributed by atoms with van der Waals surface area (Å²) in [7, 11) is -3.80. The Morgan fingerprint density at radius 3 is 2.00 bits per heavy atom. The summed E-state index contributed by atoms with van der Waals surface area (Å²) in [5.41, 5.74) is 3.07. The smallest absolute Gasteiger partial charge is 0.244 e. The molecule has 0 radical (unpaired) electrons. The Morgan fingerprint density at radius 2 is 1.45 bits per heavy atom. The van der Waals surface area contributed by atoms with Crippen molar-refractivity contribution in [3.05, 3.63) is 101 Å². The van der Waals surface area contributed by atoms with Gasteiger partial charge in [-0.05, 0) is 49.2 Å². The number of nitrogens with one attached hydrogen (secondary N) is 1. The minimum absolute atomic E-state index is 0.221. The van der Waals surface area contributed by atoms with E-state index in [0.717, 1.165) is 39.4 Å². The van der Waals surface area contributed by atoms with Crippen LogP contribution in [0, 0.1) is 12.7 Å². The molecule has 0 saturated carbocycles. The molecule has 162 valence electrons. The number of hydrogen-bond donors (Lipinski definition) is 1. The van der Waals surface area contributed by atoms with Gasteiger partial charge in [-0.25, -0.2) is 12.8 Å². The Hall–Kier alpha value is -3.19. The molecule has 2 atom stereocenters. The van der Waals surface area contributed by atoms with Crippen LogP contribution in [0.25, 0.3) is 0 Å². The second kappa shape index (κ2) is 9.31. The van der Waals surface area contributed by atoms with Crippen molar-refractivity contribution in [3.63, 3.8) is 0 Å². The number of aryl methyl sites for hydroxylation is 1. The highest BCUT2D eigenvalue weighted by molar-refractivity contribution is 7.92. The van der Waals surface area contributed by atoms with Crippen molar-refractivity contribution in [1.82, 2.24) is 5.32 Å². The zero-order chi connectivity index (χ0) is 22.6. The molecule has 3 rings (SSSR count). The molecule has 0 aromatic heterocycles. The van der Waals surface area contributed by atoms with Crippen molar-refractivity contribution in [2.45, 2.75) is 25.9 Å². The fourth-order valence-electron chi connectivity index (χ4n) is 3.42. The molecule has 0 unspecified atom stereocenters. The summed E-state index contributed by atoms with van der Waals surface area (Å²) in [4.78, 5) is 13.2. The van der Waals surface area contributed by atoms with Gasteiger partial charge >= 0.3 is 0 Å². The maximum Gasteiger partial charge on any atom is 0.244 e. The third kappa shape index (κ3) is 5.49. The van der Waals surface area contributed by atoms with Crippen LogP contribution in [0.4, 0.5) is 10.1 Å². The van der Waals surface area contributed by atoms with Gasteiger partial charge in [-0.15, -0.1) is 0 Å². The molecule has 0 saturated heterocycles. The Bertz CT molecular complexity index is 1130. The number of hydrogen-bond acceptors (Lipinski definition) is 3. The van der Waals surface area contributed by atoms with Crippen molar-refractivity contribution in [3.8, 4) is 0 Å². The van der Waals surface area contributed by atoms with Gasteiger partial charge in [-0.1, -0.05) is 60.2 Å². The average Bonchev–Trinajstić information content (AvgIpc) is 2.74. The number of halogens is 1. The first-order chi connectivity index (χ1) is 14.7. The van der Waals surface area contributed by atoms with E-state index >= 15 is 0 Å². The molecule has 5 nitrogen and oxygen atoms in total. The van der Waals surface area contributed by atoms with E-state index in [0.29, 0.717) is 0 Å². The van der Waals surface area contributed by atoms with Gasteiger partial charge in [-0.3, -0.25) is 9.10 Å². The summed E-state index contributed by atoms with van der Waals surface area (Å²) in [5.74, 6) is -0.956. The lowest BCUT2D eigenvalue weighted by Crippen LogP contribution is -2.48. The number of carbonyl (C=O) groups excluding carboxylic acids is 1. The van der Waals surface area contributed by atoms with E-state index in [2.05, 4.69) is 5.32 Å². The Labute approximate surface area is 182 Å². The van der Waals surface area contributed by atoms with Gasteiger partial charge in [0.25, 0.3) is 0 Å². The van der Waals surface area contributed by atoms with Gasteiger partial charge < -0.3 is 5.32 Å². The zero-order valence-corrected chi connectivity index (χ0v) is 18.4. The predicted molar refractivity (Wildman–Crippen MR) is 121 cm³/mol. The molecule has 0 aliphatic carbocycles. The monoisotopic (exact) mass is 440 g/mol. The van der Waals surface area contributed by atoms with Crippen molar-refractivity contribution in [1.29, 1.82) is 0 Å². The van der Waals surface area contributed by atoms with E-state index < -0.39 is 33.8 Å². The van der Waals surface area contributed by atoms with Crippen LogP contribution >= 0.6 is 0 Å². The first-order valence-electron chi connectivity index (χ1n) is 9.83. The number of sulfonamides is 1. The molecule has 3 aromatic rings. The summed E-state index contributed by atoms with van der Waals surface area (Å²) in [6.45, 7) is 3.49. The highest BCUT2D eigenvalue weighted by Crippen LogP contribution is 2.25. The normalized spacial score (nSPS) is 13.3. The molecule has 1 amide bonds. The lowest BCUT2D eigenvalue weighted by atomic mass is 9.97. The summed E-state index contributed by atoms with van der Waals surface area (Å²) in [6, 6.07) is 20.8. The van der Waals surface area contributed by atoms with Gasteiger partial charge in [0, 0.05) is 0 Å². The molecular formula is C24H25FN2O3S. The van der Waals surface area contributed by atoms with Crippen molar-refractivity contribution in [2.75, 3.05) is 10.6 Å². The topological polar surface area (TPSA) is 66.5 Å². The molecule has 0 aliphatic heterocycles. The van der Waals surface area contributed by atoms with Crippen LogP contribution in [-0.2, 0) is 14.8 Å².